The molecule has 2 heterocycles. The topological polar surface area (TPSA) is 64.2 Å². The van der Waals surface area contributed by atoms with Crippen molar-refractivity contribution in [1.82, 2.24) is 9.97 Å². The first-order valence-electron chi connectivity index (χ1n) is 6.51. The zero-order valence-electron chi connectivity index (χ0n) is 10.6. The summed E-state index contributed by atoms with van der Waals surface area (Å²) >= 11 is 0. The average Bonchev–Trinajstić information content (AvgIpc) is 2.46. The fraction of sp³-hybridized carbons (Fsp3) is 0.429. The van der Waals surface area contributed by atoms with Crippen LogP contribution in [-0.4, -0.2) is 29.8 Å². The van der Waals surface area contributed by atoms with E-state index in [4.69, 9.17) is 9.47 Å². The Morgan fingerprint density at radius 2 is 2.21 bits per heavy atom. The summed E-state index contributed by atoms with van der Waals surface area (Å²) in [5.41, 5.74) is 0.536. The lowest BCUT2D eigenvalue weighted by molar-refractivity contribution is 0.0498. The van der Waals surface area contributed by atoms with Gasteiger partial charge in [-0.3, -0.25) is 4.79 Å². The van der Waals surface area contributed by atoms with Crippen molar-refractivity contribution in [2.75, 3.05) is 19.8 Å². The van der Waals surface area contributed by atoms with Crippen molar-refractivity contribution >= 4 is 10.9 Å². The predicted molar refractivity (Wildman–Crippen MR) is 71.4 cm³/mol. The van der Waals surface area contributed by atoms with Gasteiger partial charge in [-0.2, -0.15) is 0 Å². The van der Waals surface area contributed by atoms with Gasteiger partial charge < -0.3 is 14.5 Å². The minimum absolute atomic E-state index is 0.124. The first kappa shape index (κ1) is 12.2. The summed E-state index contributed by atoms with van der Waals surface area (Å²) in [5.74, 6) is 1.31. The maximum Gasteiger partial charge on any atom is 0.258 e. The molecule has 1 N–H and O–H groups in total. The van der Waals surface area contributed by atoms with Crippen LogP contribution in [0.5, 0.6) is 5.75 Å². The third-order valence-corrected chi connectivity index (χ3v) is 3.44. The maximum atomic E-state index is 11.5. The number of ether oxygens (including phenoxy) is 2. The fourth-order valence-electron chi connectivity index (χ4n) is 2.27. The molecule has 0 saturated carbocycles. The lowest BCUT2D eigenvalue weighted by atomic mass is 10.0. The lowest BCUT2D eigenvalue weighted by Crippen LogP contribution is -2.21. The van der Waals surface area contributed by atoms with Crippen LogP contribution in [0.3, 0.4) is 0 Å². The molecule has 1 aliphatic heterocycles. The highest BCUT2D eigenvalue weighted by Gasteiger charge is 2.14. The normalized spacial score (nSPS) is 16.6. The molecule has 3 rings (SSSR count). The standard InChI is InChI=1S/C14H16N2O3/c17-14-12-2-1-11(7-13(12)15-9-16-14)19-8-10-3-5-18-6-4-10/h1-2,7,9-10H,3-6,8H2,(H,15,16,17). The van der Waals surface area contributed by atoms with Gasteiger partial charge in [0.25, 0.3) is 5.56 Å². The van der Waals surface area contributed by atoms with Crippen molar-refractivity contribution in [3.8, 4) is 5.75 Å². The maximum absolute atomic E-state index is 11.5. The Labute approximate surface area is 110 Å². The molecular formula is C14H16N2O3. The van der Waals surface area contributed by atoms with E-state index in [1.54, 1.807) is 6.07 Å². The number of aromatic amines is 1. The molecule has 0 amide bonds. The summed E-state index contributed by atoms with van der Waals surface area (Å²) in [5, 5.41) is 0.584. The number of aromatic nitrogens is 2. The summed E-state index contributed by atoms with van der Waals surface area (Å²) < 4.78 is 11.1. The number of H-pyrrole nitrogens is 1. The molecule has 0 spiro atoms. The molecule has 0 atom stereocenters. The first-order chi connectivity index (χ1) is 9.33. The van der Waals surface area contributed by atoms with Crippen LogP contribution in [0.1, 0.15) is 12.8 Å². The zero-order chi connectivity index (χ0) is 13.1. The van der Waals surface area contributed by atoms with E-state index in [0.29, 0.717) is 23.4 Å². The van der Waals surface area contributed by atoms with Crippen molar-refractivity contribution in [2.24, 2.45) is 5.92 Å². The van der Waals surface area contributed by atoms with Crippen molar-refractivity contribution in [1.29, 1.82) is 0 Å². The van der Waals surface area contributed by atoms with Gasteiger partial charge in [-0.25, -0.2) is 4.98 Å². The van der Waals surface area contributed by atoms with Crippen LogP contribution < -0.4 is 10.3 Å². The van der Waals surface area contributed by atoms with Gasteiger partial charge in [0.05, 0.1) is 23.8 Å². The van der Waals surface area contributed by atoms with E-state index in [2.05, 4.69) is 9.97 Å². The molecule has 0 radical (unpaired) electrons. The highest BCUT2D eigenvalue weighted by molar-refractivity contribution is 5.78. The van der Waals surface area contributed by atoms with E-state index in [-0.39, 0.29) is 5.56 Å². The number of rotatable bonds is 3. The van der Waals surface area contributed by atoms with Crippen LogP contribution in [0.15, 0.2) is 29.3 Å². The number of nitrogens with one attached hydrogen (secondary N) is 1. The highest BCUT2D eigenvalue weighted by Crippen LogP contribution is 2.20. The number of hydrogen-bond donors (Lipinski definition) is 1. The Kier molecular flexibility index (Phi) is 3.46. The molecule has 19 heavy (non-hydrogen) atoms. The molecular weight excluding hydrogens is 244 g/mol. The lowest BCUT2D eigenvalue weighted by Gasteiger charge is -2.22. The van der Waals surface area contributed by atoms with E-state index in [0.717, 1.165) is 31.8 Å². The van der Waals surface area contributed by atoms with Crippen LogP contribution >= 0.6 is 0 Å². The van der Waals surface area contributed by atoms with Gasteiger partial charge in [0.15, 0.2) is 0 Å². The Hall–Kier alpha value is -1.88. The van der Waals surface area contributed by atoms with Gasteiger partial charge in [-0.15, -0.1) is 0 Å². The molecule has 1 fully saturated rings. The van der Waals surface area contributed by atoms with E-state index >= 15 is 0 Å². The second-order valence-electron chi connectivity index (χ2n) is 4.78. The third kappa shape index (κ3) is 2.76. The Balaban J connectivity index is 1.72. The summed E-state index contributed by atoms with van der Waals surface area (Å²) in [6.45, 7) is 2.34. The molecule has 0 bridgehead atoms. The molecule has 5 heteroatoms. The fourth-order valence-corrected chi connectivity index (χ4v) is 2.27. The summed E-state index contributed by atoms with van der Waals surface area (Å²) in [6.07, 6.45) is 3.50. The summed E-state index contributed by atoms with van der Waals surface area (Å²) in [7, 11) is 0. The average molecular weight is 260 g/mol. The Bertz CT molecular complexity index is 617. The van der Waals surface area contributed by atoms with Crippen molar-refractivity contribution < 1.29 is 9.47 Å². The first-order valence-corrected chi connectivity index (χ1v) is 6.51. The van der Waals surface area contributed by atoms with Crippen LogP contribution in [0.2, 0.25) is 0 Å². The smallest absolute Gasteiger partial charge is 0.258 e. The quantitative estimate of drug-likeness (QED) is 0.912. The minimum Gasteiger partial charge on any atom is -0.493 e. The SMILES string of the molecule is O=c1[nH]cnc2cc(OCC3CCOCC3)ccc12. The van der Waals surface area contributed by atoms with Gasteiger partial charge in [0.2, 0.25) is 0 Å². The molecule has 1 aliphatic rings. The van der Waals surface area contributed by atoms with Gasteiger partial charge >= 0.3 is 0 Å². The molecule has 1 aromatic heterocycles. The van der Waals surface area contributed by atoms with E-state index in [9.17, 15) is 4.79 Å². The van der Waals surface area contributed by atoms with Crippen LogP contribution in [0.25, 0.3) is 10.9 Å². The Morgan fingerprint density at radius 1 is 1.37 bits per heavy atom. The third-order valence-electron chi connectivity index (χ3n) is 3.44. The van der Waals surface area contributed by atoms with Gasteiger partial charge in [0.1, 0.15) is 5.75 Å². The summed E-state index contributed by atoms with van der Waals surface area (Å²) in [6, 6.07) is 5.38. The largest absolute Gasteiger partial charge is 0.493 e. The zero-order valence-corrected chi connectivity index (χ0v) is 10.6. The number of hydrogen-bond acceptors (Lipinski definition) is 4. The molecule has 1 saturated heterocycles. The van der Waals surface area contributed by atoms with Crippen molar-refractivity contribution in [2.45, 2.75) is 12.8 Å². The van der Waals surface area contributed by atoms with Crippen LogP contribution in [0.4, 0.5) is 0 Å². The number of fused-ring (bicyclic) bond motifs is 1. The number of benzene rings is 1. The second kappa shape index (κ2) is 5.40. The molecule has 0 aliphatic carbocycles. The van der Waals surface area contributed by atoms with Crippen LogP contribution in [0, 0.1) is 5.92 Å². The van der Waals surface area contributed by atoms with Crippen LogP contribution in [-0.2, 0) is 4.74 Å². The van der Waals surface area contributed by atoms with Crippen molar-refractivity contribution in [3.05, 3.63) is 34.9 Å². The van der Waals surface area contributed by atoms with Gasteiger partial charge in [-0.1, -0.05) is 0 Å². The molecule has 2 aromatic rings. The molecule has 1 aromatic carbocycles. The van der Waals surface area contributed by atoms with Gasteiger partial charge in [-0.05, 0) is 30.9 Å². The van der Waals surface area contributed by atoms with E-state index in [1.165, 1.54) is 6.33 Å². The summed E-state index contributed by atoms with van der Waals surface area (Å²) in [4.78, 5) is 18.2. The highest BCUT2D eigenvalue weighted by atomic mass is 16.5. The number of nitrogens with zero attached hydrogens (tertiary/aromatic N) is 1. The van der Waals surface area contributed by atoms with Crippen molar-refractivity contribution in [3.63, 3.8) is 0 Å². The monoisotopic (exact) mass is 260 g/mol. The molecule has 0 unspecified atom stereocenters. The van der Waals surface area contributed by atoms with E-state index in [1.807, 2.05) is 12.1 Å². The van der Waals surface area contributed by atoms with Gasteiger partial charge in [0, 0.05) is 19.3 Å². The second-order valence-corrected chi connectivity index (χ2v) is 4.78. The van der Waals surface area contributed by atoms with E-state index < -0.39 is 0 Å². The molecule has 5 nitrogen and oxygen atoms in total. The molecule has 100 valence electrons. The predicted octanol–water partition coefficient (Wildman–Crippen LogP) is 1.73. The Morgan fingerprint density at radius 3 is 3.05 bits per heavy atom. The minimum atomic E-state index is -0.124.